The number of carbonyl (C=O) groups excluding carboxylic acids is 1. The van der Waals surface area contributed by atoms with Crippen molar-refractivity contribution in [2.75, 3.05) is 26.5 Å². The molecule has 1 N–H and O–H groups in total. The molecule has 0 radical (unpaired) electrons. The average molecular weight is 413 g/mol. The lowest BCUT2D eigenvalue weighted by Gasteiger charge is -2.10. The largest absolute Gasteiger partial charge is 0.493 e. The third-order valence-electron chi connectivity index (χ3n) is 3.94. The van der Waals surface area contributed by atoms with Gasteiger partial charge in [0.05, 0.1) is 25.5 Å². The Bertz CT molecular complexity index is 797. The predicted molar refractivity (Wildman–Crippen MR) is 104 cm³/mol. The maximum absolute atomic E-state index is 12.7. The van der Waals surface area contributed by atoms with Crippen LogP contribution in [0.2, 0.25) is 0 Å². The molecular weight excluding hydrogens is 391 g/mol. The van der Waals surface area contributed by atoms with Gasteiger partial charge in [0.15, 0.2) is 11.5 Å². The first kappa shape index (κ1) is 21.9. The molecule has 0 unspecified atom stereocenters. The van der Waals surface area contributed by atoms with Gasteiger partial charge in [0, 0.05) is 12.3 Å². The van der Waals surface area contributed by atoms with Gasteiger partial charge in [-0.25, -0.2) is 0 Å². The highest BCUT2D eigenvalue weighted by Gasteiger charge is 2.30. The van der Waals surface area contributed by atoms with Gasteiger partial charge in [0.25, 0.3) is 0 Å². The fraction of sp³-hybridized carbons (Fsp3) is 0.350. The van der Waals surface area contributed by atoms with Crippen molar-refractivity contribution in [1.29, 1.82) is 0 Å². The normalized spacial score (nSPS) is 11.2. The topological polar surface area (TPSA) is 47.6 Å². The molecule has 0 spiro atoms. The van der Waals surface area contributed by atoms with E-state index in [-0.39, 0.29) is 11.7 Å². The minimum absolute atomic E-state index is 0.155. The quantitative estimate of drug-likeness (QED) is 0.665. The van der Waals surface area contributed by atoms with Crippen LogP contribution in [0.15, 0.2) is 42.5 Å². The highest BCUT2D eigenvalue weighted by molar-refractivity contribution is 7.99. The van der Waals surface area contributed by atoms with Crippen molar-refractivity contribution in [1.82, 2.24) is 5.32 Å². The zero-order chi connectivity index (χ0) is 20.6. The van der Waals surface area contributed by atoms with Gasteiger partial charge < -0.3 is 14.8 Å². The zero-order valence-corrected chi connectivity index (χ0v) is 16.5. The third-order valence-corrected chi connectivity index (χ3v) is 4.94. The second-order valence-electron chi connectivity index (χ2n) is 5.98. The standard InChI is InChI=1S/C20H22F3NO3S/c1-26-17-7-6-14(11-18(17)27-2)8-9-24-19(25)13-28-12-15-4-3-5-16(10-15)20(21,22)23/h3-7,10-11H,8-9,12-13H2,1-2H3,(H,24,25). The van der Waals surface area contributed by atoms with Gasteiger partial charge in [-0.3, -0.25) is 4.79 Å². The molecule has 8 heteroatoms. The van der Waals surface area contributed by atoms with Crippen LogP contribution in [0.4, 0.5) is 13.2 Å². The van der Waals surface area contributed by atoms with Gasteiger partial charge in [-0.2, -0.15) is 13.2 Å². The van der Waals surface area contributed by atoms with Crippen molar-refractivity contribution in [3.8, 4) is 11.5 Å². The molecule has 0 aromatic heterocycles. The molecule has 0 fully saturated rings. The SMILES string of the molecule is COc1ccc(CCNC(=O)CSCc2cccc(C(F)(F)F)c2)cc1OC. The highest BCUT2D eigenvalue weighted by Crippen LogP contribution is 2.30. The van der Waals surface area contributed by atoms with Crippen LogP contribution in [0.1, 0.15) is 16.7 Å². The number of carbonyl (C=O) groups is 1. The first-order valence-corrected chi connectivity index (χ1v) is 9.70. The van der Waals surface area contributed by atoms with E-state index in [9.17, 15) is 18.0 Å². The van der Waals surface area contributed by atoms with Crippen LogP contribution in [-0.2, 0) is 23.1 Å². The van der Waals surface area contributed by atoms with Gasteiger partial charge >= 0.3 is 6.18 Å². The predicted octanol–water partition coefficient (Wildman–Crippen LogP) is 4.31. The number of hydrogen-bond acceptors (Lipinski definition) is 4. The van der Waals surface area contributed by atoms with Crippen molar-refractivity contribution in [2.24, 2.45) is 0 Å². The number of hydrogen-bond donors (Lipinski definition) is 1. The lowest BCUT2D eigenvalue weighted by atomic mass is 10.1. The molecule has 2 rings (SSSR count). The molecule has 0 saturated carbocycles. The lowest BCUT2D eigenvalue weighted by molar-refractivity contribution is -0.137. The molecule has 0 atom stereocenters. The Morgan fingerprint density at radius 2 is 1.79 bits per heavy atom. The van der Waals surface area contributed by atoms with E-state index in [2.05, 4.69) is 5.32 Å². The van der Waals surface area contributed by atoms with Crippen LogP contribution in [0.5, 0.6) is 11.5 Å². The summed E-state index contributed by atoms with van der Waals surface area (Å²) in [6.45, 7) is 0.457. The molecule has 0 saturated heterocycles. The summed E-state index contributed by atoms with van der Waals surface area (Å²) in [7, 11) is 3.12. The van der Waals surface area contributed by atoms with Crippen LogP contribution in [0, 0.1) is 0 Å². The molecule has 0 bridgehead atoms. The Hall–Kier alpha value is -2.35. The van der Waals surface area contributed by atoms with Crippen LogP contribution < -0.4 is 14.8 Å². The van der Waals surface area contributed by atoms with Gasteiger partial charge in [-0.05, 0) is 35.7 Å². The summed E-state index contributed by atoms with van der Waals surface area (Å²) in [6.07, 6.45) is -3.73. The Balaban J connectivity index is 1.73. The summed E-state index contributed by atoms with van der Waals surface area (Å²) in [4.78, 5) is 11.9. The van der Waals surface area contributed by atoms with Crippen LogP contribution in [-0.4, -0.2) is 32.4 Å². The van der Waals surface area contributed by atoms with Crippen molar-refractivity contribution in [3.05, 3.63) is 59.2 Å². The minimum Gasteiger partial charge on any atom is -0.493 e. The smallest absolute Gasteiger partial charge is 0.416 e. The van der Waals surface area contributed by atoms with E-state index in [1.54, 1.807) is 26.4 Å². The Kier molecular flexibility index (Phi) is 8.04. The lowest BCUT2D eigenvalue weighted by Crippen LogP contribution is -2.27. The molecule has 2 aromatic rings. The maximum Gasteiger partial charge on any atom is 0.416 e. The zero-order valence-electron chi connectivity index (χ0n) is 15.6. The summed E-state index contributed by atoms with van der Waals surface area (Å²) in [6, 6.07) is 10.7. The van der Waals surface area contributed by atoms with Gasteiger partial charge in [-0.15, -0.1) is 11.8 Å². The number of thioether (sulfide) groups is 1. The maximum atomic E-state index is 12.7. The molecule has 152 valence electrons. The second kappa shape index (κ2) is 10.3. The molecule has 28 heavy (non-hydrogen) atoms. The van der Waals surface area contributed by atoms with E-state index in [0.29, 0.717) is 35.8 Å². The number of rotatable bonds is 9. The van der Waals surface area contributed by atoms with Crippen LogP contribution >= 0.6 is 11.8 Å². The number of halogens is 3. The van der Waals surface area contributed by atoms with Crippen LogP contribution in [0.25, 0.3) is 0 Å². The number of benzene rings is 2. The highest BCUT2D eigenvalue weighted by atomic mass is 32.2. The Labute approximate surface area is 166 Å². The molecule has 0 aliphatic rings. The van der Waals surface area contributed by atoms with Crippen molar-refractivity contribution in [3.63, 3.8) is 0 Å². The molecule has 4 nitrogen and oxygen atoms in total. The van der Waals surface area contributed by atoms with E-state index in [1.807, 2.05) is 12.1 Å². The molecule has 0 heterocycles. The van der Waals surface area contributed by atoms with Crippen LogP contribution in [0.3, 0.4) is 0 Å². The first-order chi connectivity index (χ1) is 13.3. The average Bonchev–Trinajstić information content (AvgIpc) is 2.67. The van der Waals surface area contributed by atoms with E-state index in [1.165, 1.54) is 17.8 Å². The minimum atomic E-state index is -4.36. The Morgan fingerprint density at radius 3 is 2.46 bits per heavy atom. The molecule has 0 aliphatic carbocycles. The second-order valence-corrected chi connectivity index (χ2v) is 6.97. The number of alkyl halides is 3. The van der Waals surface area contributed by atoms with Crippen molar-refractivity contribution < 1.29 is 27.4 Å². The van der Waals surface area contributed by atoms with Gasteiger partial charge in [0.1, 0.15) is 0 Å². The van der Waals surface area contributed by atoms with Crippen molar-refractivity contribution >= 4 is 17.7 Å². The summed E-state index contributed by atoms with van der Waals surface area (Å²) in [5.41, 5.74) is 0.859. The summed E-state index contributed by atoms with van der Waals surface area (Å²) in [5.74, 6) is 1.64. The monoisotopic (exact) mass is 413 g/mol. The van der Waals surface area contributed by atoms with Gasteiger partial charge in [0.2, 0.25) is 5.91 Å². The van der Waals surface area contributed by atoms with E-state index >= 15 is 0 Å². The molecular formula is C20H22F3NO3S. The molecule has 2 aromatic carbocycles. The third kappa shape index (κ3) is 6.67. The fourth-order valence-electron chi connectivity index (χ4n) is 2.53. The van der Waals surface area contributed by atoms with E-state index in [0.717, 1.165) is 17.7 Å². The summed E-state index contributed by atoms with van der Waals surface area (Å²) in [5, 5.41) is 2.81. The molecule has 0 aliphatic heterocycles. The van der Waals surface area contributed by atoms with Gasteiger partial charge in [-0.1, -0.05) is 24.3 Å². The Morgan fingerprint density at radius 1 is 1.04 bits per heavy atom. The summed E-state index contributed by atoms with van der Waals surface area (Å²) >= 11 is 1.28. The first-order valence-electron chi connectivity index (χ1n) is 8.55. The molecule has 1 amide bonds. The number of nitrogens with one attached hydrogen (secondary N) is 1. The number of methoxy groups -OCH3 is 2. The summed E-state index contributed by atoms with van der Waals surface area (Å²) < 4.78 is 48.5. The number of amides is 1. The van der Waals surface area contributed by atoms with E-state index in [4.69, 9.17) is 9.47 Å². The van der Waals surface area contributed by atoms with Crippen molar-refractivity contribution in [2.45, 2.75) is 18.3 Å². The fourth-order valence-corrected chi connectivity index (χ4v) is 3.34. The van der Waals surface area contributed by atoms with E-state index < -0.39 is 11.7 Å². The number of ether oxygens (including phenoxy) is 2.